The number of nitrogens with two attached hydrogens (primary N) is 1. The standard InChI is InChI=1S/C16H24BFN4O7/c18-12-7-10(17(28)29)4-5-11(12)15(25)21-22(9-23)8-14(24)20-6-2-1-3-13(19)16(26)27/h4-5,7,13,23,28-29H,1-3,6,8-9,19H2,(H,20,24)(H,21,25)(H,26,27)/t13-/m0/s1. The van der Waals surface area contributed by atoms with E-state index in [9.17, 15) is 23.9 Å². The molecule has 2 amide bonds. The predicted octanol–water partition coefficient (Wildman–Crippen LogP) is -2.90. The number of hydrogen-bond donors (Lipinski definition) is 7. The van der Waals surface area contributed by atoms with Crippen molar-refractivity contribution in [2.45, 2.75) is 25.3 Å². The van der Waals surface area contributed by atoms with Crippen molar-refractivity contribution >= 4 is 30.4 Å². The number of hydrazine groups is 1. The molecule has 11 nitrogen and oxygen atoms in total. The fraction of sp³-hybridized carbons (Fsp3) is 0.438. The first-order valence-corrected chi connectivity index (χ1v) is 8.73. The lowest BCUT2D eigenvalue weighted by molar-refractivity contribution is -0.138. The van der Waals surface area contributed by atoms with Gasteiger partial charge in [-0.3, -0.25) is 19.8 Å². The minimum atomic E-state index is -1.89. The minimum absolute atomic E-state index is 0.137. The highest BCUT2D eigenvalue weighted by Gasteiger charge is 2.19. The van der Waals surface area contributed by atoms with Gasteiger partial charge >= 0.3 is 13.1 Å². The molecule has 0 saturated heterocycles. The van der Waals surface area contributed by atoms with Crippen molar-refractivity contribution in [3.8, 4) is 0 Å². The lowest BCUT2D eigenvalue weighted by Gasteiger charge is -2.20. The molecule has 0 heterocycles. The number of aliphatic hydroxyl groups is 1. The first-order chi connectivity index (χ1) is 13.6. The van der Waals surface area contributed by atoms with Gasteiger partial charge in [-0.1, -0.05) is 6.07 Å². The Hall–Kier alpha value is -2.58. The number of amides is 2. The molecule has 1 aromatic carbocycles. The molecule has 13 heteroatoms. The zero-order valence-corrected chi connectivity index (χ0v) is 15.5. The number of carbonyl (C=O) groups excluding carboxylic acids is 2. The van der Waals surface area contributed by atoms with Crippen LogP contribution in [0.1, 0.15) is 29.6 Å². The smallest absolute Gasteiger partial charge is 0.480 e. The predicted molar refractivity (Wildman–Crippen MR) is 100.0 cm³/mol. The van der Waals surface area contributed by atoms with Crippen molar-refractivity contribution in [2.24, 2.45) is 5.73 Å². The second kappa shape index (κ2) is 12.1. The number of carboxylic acid groups (broad SMARTS) is 1. The third-order valence-electron chi connectivity index (χ3n) is 3.88. The van der Waals surface area contributed by atoms with Gasteiger partial charge < -0.3 is 31.3 Å². The third-order valence-corrected chi connectivity index (χ3v) is 3.88. The Labute approximate surface area is 166 Å². The van der Waals surface area contributed by atoms with Crippen LogP contribution >= 0.6 is 0 Å². The first kappa shape index (κ1) is 24.5. The lowest BCUT2D eigenvalue weighted by Crippen LogP contribution is -2.48. The SMILES string of the molecule is N[C@@H](CCCCNC(=O)CN(CO)NC(=O)c1ccc(B(O)O)cc1F)C(=O)O. The van der Waals surface area contributed by atoms with Gasteiger partial charge in [0.25, 0.3) is 5.91 Å². The van der Waals surface area contributed by atoms with Crippen LogP contribution in [0.4, 0.5) is 4.39 Å². The Morgan fingerprint density at radius 2 is 1.93 bits per heavy atom. The van der Waals surface area contributed by atoms with Gasteiger partial charge in [0, 0.05) is 6.54 Å². The zero-order chi connectivity index (χ0) is 22.0. The summed E-state index contributed by atoms with van der Waals surface area (Å²) in [6.45, 7) is -0.883. The molecule has 1 rings (SSSR count). The second-order valence-corrected chi connectivity index (χ2v) is 6.18. The fourth-order valence-electron chi connectivity index (χ4n) is 2.27. The molecule has 8 N–H and O–H groups in total. The topological polar surface area (TPSA) is 185 Å². The zero-order valence-electron chi connectivity index (χ0n) is 15.5. The summed E-state index contributed by atoms with van der Waals surface area (Å²) in [5, 5.41) is 39.3. The Kier molecular flexibility index (Phi) is 10.2. The van der Waals surface area contributed by atoms with Crippen molar-refractivity contribution in [2.75, 3.05) is 19.8 Å². The van der Waals surface area contributed by atoms with Crippen LogP contribution in [-0.2, 0) is 9.59 Å². The number of aliphatic carboxylic acids is 1. The first-order valence-electron chi connectivity index (χ1n) is 8.73. The van der Waals surface area contributed by atoms with Gasteiger partial charge in [-0.05, 0) is 36.9 Å². The van der Waals surface area contributed by atoms with Crippen LogP contribution < -0.4 is 21.9 Å². The average molecular weight is 414 g/mol. The number of aliphatic hydroxyl groups excluding tert-OH is 1. The molecule has 0 fully saturated rings. The molecule has 0 aliphatic carbocycles. The molecule has 1 aromatic rings. The van der Waals surface area contributed by atoms with Crippen molar-refractivity contribution in [1.29, 1.82) is 0 Å². The van der Waals surface area contributed by atoms with Gasteiger partial charge in [0.05, 0.1) is 12.1 Å². The van der Waals surface area contributed by atoms with Crippen LogP contribution in [0, 0.1) is 5.82 Å². The maximum absolute atomic E-state index is 13.9. The van der Waals surface area contributed by atoms with Gasteiger partial charge in [0.1, 0.15) is 18.6 Å². The van der Waals surface area contributed by atoms with Gasteiger partial charge in [-0.2, -0.15) is 5.01 Å². The summed E-state index contributed by atoms with van der Waals surface area (Å²) in [6, 6.07) is 2.01. The third kappa shape index (κ3) is 8.54. The summed E-state index contributed by atoms with van der Waals surface area (Å²) >= 11 is 0. The lowest BCUT2D eigenvalue weighted by atomic mass is 9.80. The van der Waals surface area contributed by atoms with E-state index in [1.807, 2.05) is 0 Å². The van der Waals surface area contributed by atoms with Gasteiger partial charge in [-0.15, -0.1) is 0 Å². The van der Waals surface area contributed by atoms with E-state index < -0.39 is 55.6 Å². The molecule has 0 aromatic heterocycles. The number of carboxylic acids is 1. The molecule has 160 valence electrons. The summed E-state index contributed by atoms with van der Waals surface area (Å²) in [5.74, 6) is -3.57. The number of rotatable bonds is 12. The summed E-state index contributed by atoms with van der Waals surface area (Å²) in [7, 11) is -1.89. The molecule has 0 spiro atoms. The number of hydrogen-bond acceptors (Lipinski definition) is 8. The van der Waals surface area contributed by atoms with E-state index in [1.165, 1.54) is 0 Å². The minimum Gasteiger partial charge on any atom is -0.480 e. The van der Waals surface area contributed by atoms with E-state index >= 15 is 0 Å². The number of nitrogens with one attached hydrogen (secondary N) is 2. The van der Waals surface area contributed by atoms with Gasteiger partial charge in [-0.25, -0.2) is 4.39 Å². The maximum Gasteiger partial charge on any atom is 0.488 e. The number of nitrogens with zero attached hydrogens (tertiary/aromatic N) is 1. The highest BCUT2D eigenvalue weighted by atomic mass is 19.1. The molecular formula is C16H24BFN4O7. The molecule has 0 radical (unpaired) electrons. The summed E-state index contributed by atoms with van der Waals surface area (Å²) < 4.78 is 13.9. The van der Waals surface area contributed by atoms with Crippen LogP contribution in [0.15, 0.2) is 18.2 Å². The Balaban J connectivity index is 2.45. The summed E-state index contributed by atoms with van der Waals surface area (Å²) in [6.07, 6.45) is 1.25. The Bertz CT molecular complexity index is 723. The molecule has 0 aliphatic rings. The van der Waals surface area contributed by atoms with Gasteiger partial charge in [0.15, 0.2) is 0 Å². The van der Waals surface area contributed by atoms with Crippen LogP contribution in [0.25, 0.3) is 0 Å². The van der Waals surface area contributed by atoms with Crippen molar-refractivity contribution in [3.63, 3.8) is 0 Å². The molecule has 0 saturated carbocycles. The monoisotopic (exact) mass is 414 g/mol. The normalized spacial score (nSPS) is 11.8. The fourth-order valence-corrected chi connectivity index (χ4v) is 2.27. The molecule has 0 aliphatic heterocycles. The number of carbonyl (C=O) groups is 3. The number of benzene rings is 1. The van der Waals surface area contributed by atoms with E-state index in [4.69, 9.17) is 20.9 Å². The van der Waals surface area contributed by atoms with E-state index in [1.54, 1.807) is 0 Å². The van der Waals surface area contributed by atoms with Crippen LogP contribution in [0.2, 0.25) is 0 Å². The second-order valence-electron chi connectivity index (χ2n) is 6.18. The quantitative estimate of drug-likeness (QED) is 0.0815. The highest BCUT2D eigenvalue weighted by molar-refractivity contribution is 6.58. The van der Waals surface area contributed by atoms with Crippen molar-refractivity contribution in [3.05, 3.63) is 29.6 Å². The van der Waals surface area contributed by atoms with Crippen LogP contribution in [0.3, 0.4) is 0 Å². The molecule has 29 heavy (non-hydrogen) atoms. The summed E-state index contributed by atoms with van der Waals surface area (Å²) in [4.78, 5) is 34.5. The van der Waals surface area contributed by atoms with Gasteiger partial charge in [0.2, 0.25) is 5.91 Å². The summed E-state index contributed by atoms with van der Waals surface area (Å²) in [5.41, 5.74) is 6.98. The molecule has 1 atom stereocenters. The number of unbranched alkanes of at least 4 members (excludes halogenated alkanes) is 1. The van der Waals surface area contributed by atoms with Crippen LogP contribution in [-0.4, -0.2) is 76.0 Å². The Morgan fingerprint density at radius 1 is 1.24 bits per heavy atom. The van der Waals surface area contributed by atoms with Crippen molar-refractivity contribution < 1.29 is 39.0 Å². The Morgan fingerprint density at radius 3 is 2.48 bits per heavy atom. The number of halogens is 1. The van der Waals surface area contributed by atoms with E-state index in [-0.39, 0.29) is 18.4 Å². The van der Waals surface area contributed by atoms with E-state index in [0.717, 1.165) is 23.2 Å². The highest BCUT2D eigenvalue weighted by Crippen LogP contribution is 2.05. The van der Waals surface area contributed by atoms with Crippen LogP contribution in [0.5, 0.6) is 0 Å². The molecular weight excluding hydrogens is 390 g/mol. The molecule has 0 bridgehead atoms. The molecule has 0 unspecified atom stereocenters. The van der Waals surface area contributed by atoms with E-state index in [0.29, 0.717) is 12.8 Å². The largest absolute Gasteiger partial charge is 0.488 e. The maximum atomic E-state index is 13.9. The average Bonchev–Trinajstić information content (AvgIpc) is 2.66. The van der Waals surface area contributed by atoms with E-state index in [2.05, 4.69) is 10.7 Å². The van der Waals surface area contributed by atoms with Crippen molar-refractivity contribution in [1.82, 2.24) is 15.8 Å².